The molecule has 0 aromatic carbocycles. The lowest BCUT2D eigenvalue weighted by atomic mass is 9.83. The van der Waals surface area contributed by atoms with E-state index in [9.17, 15) is 14.4 Å². The Balaban J connectivity index is 0.000000258. The van der Waals surface area contributed by atoms with Crippen LogP contribution in [0.3, 0.4) is 0 Å². The Kier molecular flexibility index (Phi) is 7.30. The minimum absolute atomic E-state index is 0.0878. The Hall–Kier alpha value is -2.35. The maximum Gasteiger partial charge on any atom is 0.410 e. The van der Waals surface area contributed by atoms with Crippen molar-refractivity contribution in [3.8, 4) is 0 Å². The lowest BCUT2D eigenvalue weighted by molar-refractivity contribution is -0.143. The number of amides is 1. The first-order chi connectivity index (χ1) is 13.9. The van der Waals surface area contributed by atoms with Gasteiger partial charge in [-0.1, -0.05) is 24.3 Å². The third kappa shape index (κ3) is 6.06. The number of hydrogen-bond donors (Lipinski definition) is 2. The van der Waals surface area contributed by atoms with Crippen molar-refractivity contribution in [3.05, 3.63) is 24.3 Å². The molecule has 29 heavy (non-hydrogen) atoms. The summed E-state index contributed by atoms with van der Waals surface area (Å²) in [6.45, 7) is 4.95. The highest BCUT2D eigenvalue weighted by Gasteiger charge is 2.38. The van der Waals surface area contributed by atoms with E-state index in [0.717, 1.165) is 26.1 Å². The third-order valence-corrected chi connectivity index (χ3v) is 6.20. The Morgan fingerprint density at radius 2 is 1.48 bits per heavy atom. The lowest BCUT2D eigenvalue weighted by Gasteiger charge is -2.45. The molecule has 4 fully saturated rings. The van der Waals surface area contributed by atoms with E-state index in [1.807, 2.05) is 4.90 Å². The van der Waals surface area contributed by atoms with Crippen molar-refractivity contribution in [2.45, 2.75) is 38.2 Å². The second kappa shape index (κ2) is 9.91. The van der Waals surface area contributed by atoms with Gasteiger partial charge in [0.2, 0.25) is 0 Å². The number of likely N-dealkylation sites (tertiary alicyclic amines) is 1. The molecule has 4 heterocycles. The highest BCUT2D eigenvalue weighted by molar-refractivity contribution is 5.75. The maximum atomic E-state index is 12.5. The van der Waals surface area contributed by atoms with Gasteiger partial charge < -0.3 is 19.8 Å². The van der Waals surface area contributed by atoms with E-state index in [-0.39, 0.29) is 25.0 Å². The molecule has 2 unspecified atom stereocenters. The first kappa shape index (κ1) is 21.4. The zero-order valence-corrected chi connectivity index (χ0v) is 16.6. The molecule has 0 aromatic rings. The van der Waals surface area contributed by atoms with E-state index in [4.69, 9.17) is 14.9 Å². The van der Waals surface area contributed by atoms with Crippen LogP contribution >= 0.6 is 0 Å². The van der Waals surface area contributed by atoms with E-state index in [1.54, 1.807) is 0 Å². The van der Waals surface area contributed by atoms with E-state index in [1.165, 1.54) is 25.9 Å². The number of carboxylic acids is 2. The van der Waals surface area contributed by atoms with Crippen LogP contribution in [0, 0.1) is 17.8 Å². The Bertz CT molecular complexity index is 654. The molecule has 0 spiro atoms. The standard InChI is InChI=1S/C17H24N2O2.C4H6O4/c20-17(21-16-12-18-8-5-14(16)6-9-18)19-10-7-13-3-1-2-4-15(13)11-19;5-3(6)1-2-4(7)8/h1-4,13-16H,5-12H2;1-2H2,(H,5,6)(H,7,8)/t13?,15?,16-;/m0./s1. The summed E-state index contributed by atoms with van der Waals surface area (Å²) in [6.07, 6.45) is 11.6. The third-order valence-electron chi connectivity index (χ3n) is 6.20. The zero-order valence-electron chi connectivity index (χ0n) is 16.6. The smallest absolute Gasteiger partial charge is 0.410 e. The van der Waals surface area contributed by atoms with Crippen molar-refractivity contribution in [1.29, 1.82) is 0 Å². The number of carboxylic acid groups (broad SMARTS) is 2. The average Bonchev–Trinajstić information content (AvgIpc) is 2.73. The molecule has 4 aliphatic heterocycles. The van der Waals surface area contributed by atoms with Gasteiger partial charge in [0.1, 0.15) is 6.10 Å². The molecule has 160 valence electrons. The fraction of sp³-hybridized carbons (Fsp3) is 0.667. The Morgan fingerprint density at radius 1 is 0.862 bits per heavy atom. The first-order valence-corrected chi connectivity index (χ1v) is 10.4. The number of rotatable bonds is 4. The number of piperidine rings is 4. The summed E-state index contributed by atoms with van der Waals surface area (Å²) < 4.78 is 5.85. The van der Waals surface area contributed by atoms with Gasteiger partial charge in [0.05, 0.1) is 12.8 Å². The van der Waals surface area contributed by atoms with Gasteiger partial charge in [-0.3, -0.25) is 14.5 Å². The number of ether oxygens (including phenoxy) is 1. The zero-order chi connectivity index (χ0) is 20.8. The van der Waals surface area contributed by atoms with Gasteiger partial charge in [0.15, 0.2) is 0 Å². The summed E-state index contributed by atoms with van der Waals surface area (Å²) in [5.41, 5.74) is 0. The molecule has 5 aliphatic rings. The maximum absolute atomic E-state index is 12.5. The molecule has 1 aliphatic carbocycles. The summed E-state index contributed by atoms with van der Waals surface area (Å²) in [5, 5.41) is 15.8. The summed E-state index contributed by atoms with van der Waals surface area (Å²) in [4.78, 5) is 36.1. The SMILES string of the molecule is O=C(O)CCC(=O)O.O=C(O[C@H]1CN2CCC1CC2)N1CCC2C=CC=CC2C1. The van der Waals surface area contributed by atoms with Crippen LogP contribution in [0.5, 0.6) is 0 Å². The average molecular weight is 406 g/mol. The molecule has 2 N–H and O–H groups in total. The van der Waals surface area contributed by atoms with Crippen LogP contribution in [0.25, 0.3) is 0 Å². The number of aliphatic carboxylic acids is 2. The van der Waals surface area contributed by atoms with Gasteiger partial charge in [-0.25, -0.2) is 4.79 Å². The molecular weight excluding hydrogens is 376 g/mol. The largest absolute Gasteiger partial charge is 0.481 e. The summed E-state index contributed by atoms with van der Waals surface area (Å²) in [7, 11) is 0. The van der Waals surface area contributed by atoms with Crippen LogP contribution in [-0.4, -0.2) is 76.9 Å². The molecule has 4 saturated heterocycles. The second-order valence-corrected chi connectivity index (χ2v) is 8.18. The Morgan fingerprint density at radius 3 is 2.03 bits per heavy atom. The fourth-order valence-electron chi connectivity index (χ4n) is 4.48. The van der Waals surface area contributed by atoms with Gasteiger partial charge in [-0.05, 0) is 44.2 Å². The molecule has 8 nitrogen and oxygen atoms in total. The quantitative estimate of drug-likeness (QED) is 0.737. The van der Waals surface area contributed by atoms with Crippen molar-refractivity contribution in [1.82, 2.24) is 9.80 Å². The predicted octanol–water partition coefficient (Wildman–Crippen LogP) is 2.22. The van der Waals surface area contributed by atoms with Crippen LogP contribution < -0.4 is 0 Å². The number of nitrogens with zero attached hydrogens (tertiary/aromatic N) is 2. The van der Waals surface area contributed by atoms with Crippen molar-refractivity contribution >= 4 is 18.0 Å². The van der Waals surface area contributed by atoms with Crippen molar-refractivity contribution in [3.63, 3.8) is 0 Å². The summed E-state index contributed by atoms with van der Waals surface area (Å²) in [5.74, 6) is -0.479. The summed E-state index contributed by atoms with van der Waals surface area (Å²) >= 11 is 0. The number of carbonyl (C=O) groups excluding carboxylic acids is 1. The minimum atomic E-state index is -1.08. The first-order valence-electron chi connectivity index (χ1n) is 10.4. The van der Waals surface area contributed by atoms with Gasteiger partial charge in [0.25, 0.3) is 0 Å². The topological polar surface area (TPSA) is 107 Å². The Labute approximate surface area is 170 Å². The summed E-state index contributed by atoms with van der Waals surface area (Å²) in [6, 6.07) is 0. The van der Waals surface area contributed by atoms with Crippen molar-refractivity contribution < 1.29 is 29.3 Å². The van der Waals surface area contributed by atoms with Crippen LogP contribution in [0.2, 0.25) is 0 Å². The van der Waals surface area contributed by atoms with Crippen LogP contribution in [0.1, 0.15) is 32.1 Å². The second-order valence-electron chi connectivity index (χ2n) is 8.18. The molecule has 1 amide bonds. The minimum Gasteiger partial charge on any atom is -0.481 e. The van der Waals surface area contributed by atoms with Crippen LogP contribution in [0.4, 0.5) is 4.79 Å². The van der Waals surface area contributed by atoms with E-state index in [2.05, 4.69) is 29.2 Å². The van der Waals surface area contributed by atoms with E-state index < -0.39 is 11.9 Å². The molecule has 0 radical (unpaired) electrons. The lowest BCUT2D eigenvalue weighted by Crippen LogP contribution is -2.53. The molecule has 0 aromatic heterocycles. The van der Waals surface area contributed by atoms with Gasteiger partial charge in [-0.15, -0.1) is 0 Å². The predicted molar refractivity (Wildman–Crippen MR) is 105 cm³/mol. The number of allylic oxidation sites excluding steroid dienone is 3. The monoisotopic (exact) mass is 406 g/mol. The highest BCUT2D eigenvalue weighted by Crippen LogP contribution is 2.32. The number of hydrogen-bond acceptors (Lipinski definition) is 5. The van der Waals surface area contributed by atoms with E-state index >= 15 is 0 Å². The molecule has 2 bridgehead atoms. The molecule has 3 atom stereocenters. The van der Waals surface area contributed by atoms with Gasteiger partial charge in [-0.2, -0.15) is 0 Å². The van der Waals surface area contributed by atoms with E-state index in [0.29, 0.717) is 17.8 Å². The van der Waals surface area contributed by atoms with Gasteiger partial charge >= 0.3 is 18.0 Å². The normalized spacial score (nSPS) is 32.0. The number of carbonyl (C=O) groups is 3. The fourth-order valence-corrected chi connectivity index (χ4v) is 4.48. The van der Waals surface area contributed by atoms with Crippen molar-refractivity contribution in [2.75, 3.05) is 32.7 Å². The van der Waals surface area contributed by atoms with Gasteiger partial charge in [0, 0.05) is 25.6 Å². The van der Waals surface area contributed by atoms with Crippen LogP contribution in [0.15, 0.2) is 24.3 Å². The molecular formula is C21H30N2O6. The molecule has 5 rings (SSSR count). The van der Waals surface area contributed by atoms with Crippen LogP contribution in [-0.2, 0) is 14.3 Å². The number of fused-ring (bicyclic) bond motifs is 4. The highest BCUT2D eigenvalue weighted by atomic mass is 16.6. The molecule has 8 heteroatoms. The van der Waals surface area contributed by atoms with Crippen molar-refractivity contribution in [2.24, 2.45) is 17.8 Å². The molecule has 0 saturated carbocycles.